The van der Waals surface area contributed by atoms with Crippen LogP contribution in [0.15, 0.2) is 60.8 Å². The minimum absolute atomic E-state index is 0.0289. The predicted octanol–water partition coefficient (Wildman–Crippen LogP) is 5.75. The number of ether oxygens (including phenoxy) is 1. The van der Waals surface area contributed by atoms with Gasteiger partial charge in [-0.25, -0.2) is 14.8 Å². The van der Waals surface area contributed by atoms with Gasteiger partial charge in [0.2, 0.25) is 0 Å². The number of alkyl halides is 3. The van der Waals surface area contributed by atoms with Gasteiger partial charge in [-0.2, -0.15) is 13.2 Å². The second-order valence-electron chi connectivity index (χ2n) is 7.43. The number of esters is 1. The van der Waals surface area contributed by atoms with Crippen LogP contribution < -0.4 is 4.90 Å². The van der Waals surface area contributed by atoms with E-state index < -0.39 is 17.7 Å². The maximum atomic E-state index is 12.9. The van der Waals surface area contributed by atoms with Crippen molar-refractivity contribution in [3.63, 3.8) is 0 Å². The Morgan fingerprint density at radius 1 is 1.06 bits per heavy atom. The third-order valence-corrected chi connectivity index (χ3v) is 4.83. The highest BCUT2D eigenvalue weighted by Gasteiger charge is 2.30. The van der Waals surface area contributed by atoms with Crippen molar-refractivity contribution in [2.75, 3.05) is 11.5 Å². The lowest BCUT2D eigenvalue weighted by molar-refractivity contribution is -0.137. The molecular formula is C24H24F3N3O2. The third kappa shape index (κ3) is 5.43. The smallest absolute Gasteiger partial charge is 0.416 e. The first-order valence-corrected chi connectivity index (χ1v) is 10.2. The molecule has 2 aromatic carbocycles. The zero-order valence-electron chi connectivity index (χ0n) is 18.1. The Labute approximate surface area is 184 Å². The zero-order chi connectivity index (χ0) is 23.3. The molecule has 0 atom stereocenters. The van der Waals surface area contributed by atoms with Gasteiger partial charge in [-0.05, 0) is 38.5 Å². The maximum Gasteiger partial charge on any atom is 0.416 e. The van der Waals surface area contributed by atoms with Crippen LogP contribution in [0.3, 0.4) is 0 Å². The lowest BCUT2D eigenvalue weighted by atomic mass is 10.1. The Bertz CT molecular complexity index is 1050. The fourth-order valence-electron chi connectivity index (χ4n) is 3.17. The van der Waals surface area contributed by atoms with Crippen molar-refractivity contribution in [3.8, 4) is 11.4 Å². The Morgan fingerprint density at radius 2 is 1.72 bits per heavy atom. The summed E-state index contributed by atoms with van der Waals surface area (Å²) < 4.78 is 43.9. The molecule has 3 aromatic rings. The van der Waals surface area contributed by atoms with Crippen LogP contribution in [0.25, 0.3) is 11.4 Å². The molecular weight excluding hydrogens is 419 g/mol. The van der Waals surface area contributed by atoms with Crippen LogP contribution in [0.4, 0.5) is 19.0 Å². The summed E-state index contributed by atoms with van der Waals surface area (Å²) in [5, 5.41) is 0. The van der Waals surface area contributed by atoms with E-state index in [1.165, 1.54) is 18.3 Å². The van der Waals surface area contributed by atoms with Gasteiger partial charge in [0.1, 0.15) is 11.4 Å². The molecule has 0 bridgehead atoms. The normalized spacial score (nSPS) is 11.5. The number of aromatic nitrogens is 2. The number of carbonyl (C=O) groups excluding carboxylic acids is 1. The van der Waals surface area contributed by atoms with Crippen molar-refractivity contribution in [1.29, 1.82) is 0 Å². The molecule has 0 radical (unpaired) electrons. The third-order valence-electron chi connectivity index (χ3n) is 4.83. The molecule has 32 heavy (non-hydrogen) atoms. The summed E-state index contributed by atoms with van der Waals surface area (Å²) in [6.07, 6.45) is -3.06. The zero-order valence-corrected chi connectivity index (χ0v) is 18.1. The molecule has 168 valence electrons. The number of rotatable bonds is 7. The van der Waals surface area contributed by atoms with Crippen molar-refractivity contribution in [3.05, 3.63) is 77.5 Å². The van der Waals surface area contributed by atoms with Crippen LogP contribution >= 0.6 is 0 Å². The van der Waals surface area contributed by atoms with Crippen LogP contribution in [-0.2, 0) is 17.5 Å². The number of anilines is 1. The van der Waals surface area contributed by atoms with Gasteiger partial charge in [0.15, 0.2) is 5.82 Å². The van der Waals surface area contributed by atoms with Crippen LogP contribution in [0, 0.1) is 0 Å². The fraction of sp³-hybridized carbons (Fsp3) is 0.292. The molecule has 0 aliphatic rings. The summed E-state index contributed by atoms with van der Waals surface area (Å²) in [6.45, 7) is 6.32. The Hall–Kier alpha value is -3.42. The summed E-state index contributed by atoms with van der Waals surface area (Å²) in [7, 11) is 0. The fourth-order valence-corrected chi connectivity index (χ4v) is 3.17. The quantitative estimate of drug-likeness (QED) is 0.435. The van der Waals surface area contributed by atoms with E-state index in [0.29, 0.717) is 17.9 Å². The summed E-state index contributed by atoms with van der Waals surface area (Å²) in [5.41, 5.74) is 0.883. The number of carbonyl (C=O) groups is 1. The standard InChI is InChI=1S/C24H24F3N3O2/c1-4-32-23(31)20-14-28-21(18-10-12-19(13-11-18)24(25,26)27)29-22(20)30(16(2)3)15-17-8-6-5-7-9-17/h5-14,16H,4,15H2,1-3H3. The second kappa shape index (κ2) is 9.80. The van der Waals surface area contributed by atoms with Gasteiger partial charge in [-0.3, -0.25) is 0 Å². The summed E-state index contributed by atoms with van der Waals surface area (Å²) in [4.78, 5) is 23.4. The van der Waals surface area contributed by atoms with Crippen molar-refractivity contribution < 1.29 is 22.7 Å². The van der Waals surface area contributed by atoms with E-state index in [1.54, 1.807) is 6.92 Å². The summed E-state index contributed by atoms with van der Waals surface area (Å²) in [6, 6.07) is 14.3. The average molecular weight is 443 g/mol. The molecule has 0 aliphatic heterocycles. The van der Waals surface area contributed by atoms with Gasteiger partial charge in [-0.15, -0.1) is 0 Å². The Morgan fingerprint density at radius 3 is 2.28 bits per heavy atom. The van der Waals surface area contributed by atoms with Gasteiger partial charge < -0.3 is 9.64 Å². The van der Waals surface area contributed by atoms with E-state index in [9.17, 15) is 18.0 Å². The van der Waals surface area contributed by atoms with Gasteiger partial charge in [0.25, 0.3) is 0 Å². The molecule has 0 saturated heterocycles. The van der Waals surface area contributed by atoms with E-state index >= 15 is 0 Å². The molecule has 3 rings (SSSR count). The molecule has 0 N–H and O–H groups in total. The molecule has 0 saturated carbocycles. The van der Waals surface area contributed by atoms with Gasteiger partial charge >= 0.3 is 12.1 Å². The number of benzene rings is 2. The first-order valence-electron chi connectivity index (χ1n) is 10.2. The van der Waals surface area contributed by atoms with E-state index in [4.69, 9.17) is 4.74 Å². The molecule has 0 unspecified atom stereocenters. The summed E-state index contributed by atoms with van der Waals surface area (Å²) in [5.74, 6) is 0.0351. The minimum Gasteiger partial charge on any atom is -0.462 e. The largest absolute Gasteiger partial charge is 0.462 e. The number of hydrogen-bond donors (Lipinski definition) is 0. The Kier molecular flexibility index (Phi) is 7.12. The first kappa shape index (κ1) is 23.2. The second-order valence-corrected chi connectivity index (χ2v) is 7.43. The molecule has 1 heterocycles. The molecule has 0 fully saturated rings. The van der Waals surface area contributed by atoms with Crippen LogP contribution in [0.1, 0.15) is 42.3 Å². The Balaban J connectivity index is 2.07. The minimum atomic E-state index is -4.43. The number of nitrogens with zero attached hydrogens (tertiary/aromatic N) is 3. The van der Waals surface area contributed by atoms with Gasteiger partial charge in [-0.1, -0.05) is 42.5 Å². The molecule has 0 amide bonds. The molecule has 1 aromatic heterocycles. The summed E-state index contributed by atoms with van der Waals surface area (Å²) >= 11 is 0. The number of halogens is 3. The van der Waals surface area contributed by atoms with E-state index in [0.717, 1.165) is 17.7 Å². The van der Waals surface area contributed by atoms with E-state index in [2.05, 4.69) is 9.97 Å². The first-order chi connectivity index (χ1) is 15.2. The van der Waals surface area contributed by atoms with Gasteiger partial charge in [0, 0.05) is 24.3 Å². The highest BCUT2D eigenvalue weighted by Crippen LogP contribution is 2.31. The van der Waals surface area contributed by atoms with Crippen LogP contribution in [-0.4, -0.2) is 28.6 Å². The highest BCUT2D eigenvalue weighted by molar-refractivity contribution is 5.95. The highest BCUT2D eigenvalue weighted by atomic mass is 19.4. The lowest BCUT2D eigenvalue weighted by Gasteiger charge is -2.29. The molecule has 8 heteroatoms. The van der Waals surface area contributed by atoms with Crippen molar-refractivity contribution >= 4 is 11.8 Å². The molecule has 0 spiro atoms. The lowest BCUT2D eigenvalue weighted by Crippen LogP contribution is -2.33. The van der Waals surface area contributed by atoms with Gasteiger partial charge in [0.05, 0.1) is 12.2 Å². The number of hydrogen-bond acceptors (Lipinski definition) is 5. The average Bonchev–Trinajstić information content (AvgIpc) is 2.77. The molecule has 5 nitrogen and oxygen atoms in total. The van der Waals surface area contributed by atoms with E-state index in [1.807, 2.05) is 49.1 Å². The van der Waals surface area contributed by atoms with Crippen molar-refractivity contribution in [1.82, 2.24) is 9.97 Å². The van der Waals surface area contributed by atoms with Crippen molar-refractivity contribution in [2.24, 2.45) is 0 Å². The SMILES string of the molecule is CCOC(=O)c1cnc(-c2ccc(C(F)(F)F)cc2)nc1N(Cc1ccccc1)C(C)C. The topological polar surface area (TPSA) is 55.3 Å². The monoisotopic (exact) mass is 443 g/mol. The predicted molar refractivity (Wildman–Crippen MR) is 116 cm³/mol. The molecule has 0 aliphatic carbocycles. The van der Waals surface area contributed by atoms with Crippen LogP contribution in [0.5, 0.6) is 0 Å². The van der Waals surface area contributed by atoms with E-state index in [-0.39, 0.29) is 24.0 Å². The van der Waals surface area contributed by atoms with Crippen molar-refractivity contribution in [2.45, 2.75) is 39.5 Å². The van der Waals surface area contributed by atoms with Crippen LogP contribution in [0.2, 0.25) is 0 Å². The maximum absolute atomic E-state index is 12.9.